The van der Waals surface area contributed by atoms with E-state index >= 15 is 0 Å². The summed E-state index contributed by atoms with van der Waals surface area (Å²) in [7, 11) is 1.75. The summed E-state index contributed by atoms with van der Waals surface area (Å²) in [4.78, 5) is 11.3. The number of nitrogens with one attached hydrogen (secondary N) is 2. The van der Waals surface area contributed by atoms with Gasteiger partial charge in [0.15, 0.2) is 0 Å². The second-order valence-electron chi connectivity index (χ2n) is 7.23. The summed E-state index contributed by atoms with van der Waals surface area (Å²) in [6, 6.07) is 17.3. The molecule has 0 unspecified atom stereocenters. The molecule has 32 heavy (non-hydrogen) atoms. The maximum Gasteiger partial charge on any atom is 0.293 e. The summed E-state index contributed by atoms with van der Waals surface area (Å²) in [5.41, 5.74) is 3.99. The Balaban J connectivity index is 2.08. The fourth-order valence-corrected chi connectivity index (χ4v) is 3.36. The van der Waals surface area contributed by atoms with Crippen LogP contribution in [0.5, 0.6) is 11.5 Å². The van der Waals surface area contributed by atoms with E-state index in [0.29, 0.717) is 40.4 Å². The number of nitriles is 2. The molecule has 3 aromatic rings. The number of nitro groups is 1. The third-order valence-electron chi connectivity index (χ3n) is 4.84. The minimum atomic E-state index is -0.451. The monoisotopic (exact) mass is 427 g/mol. The Kier molecular flexibility index (Phi) is 6.69. The largest absolute Gasteiger partial charge is 0.456 e. The molecule has 3 aromatic carbocycles. The van der Waals surface area contributed by atoms with Crippen LogP contribution in [0.1, 0.15) is 27.8 Å². The van der Waals surface area contributed by atoms with Gasteiger partial charge in [0.25, 0.3) is 5.69 Å². The summed E-state index contributed by atoms with van der Waals surface area (Å²) >= 11 is 0. The van der Waals surface area contributed by atoms with Gasteiger partial charge in [0.2, 0.25) is 0 Å². The van der Waals surface area contributed by atoms with E-state index < -0.39 is 4.92 Å². The van der Waals surface area contributed by atoms with Crippen LogP contribution in [0, 0.1) is 46.6 Å². The molecule has 0 fully saturated rings. The number of aryl methyl sites for hydroxylation is 2. The molecule has 0 aliphatic carbocycles. The van der Waals surface area contributed by atoms with E-state index in [-0.39, 0.29) is 11.4 Å². The first-order valence-electron chi connectivity index (χ1n) is 9.78. The molecule has 0 spiro atoms. The number of benzene rings is 3. The van der Waals surface area contributed by atoms with Gasteiger partial charge in [0.05, 0.1) is 28.2 Å². The van der Waals surface area contributed by atoms with Crippen molar-refractivity contribution in [2.24, 2.45) is 0 Å². The molecular formula is C24H21N5O3. The van der Waals surface area contributed by atoms with E-state index in [4.69, 9.17) is 10.00 Å². The molecule has 0 amide bonds. The normalized spacial score (nSPS) is 10.2. The van der Waals surface area contributed by atoms with Gasteiger partial charge < -0.3 is 15.4 Å². The lowest BCUT2D eigenvalue weighted by molar-refractivity contribution is -0.384. The molecule has 8 heteroatoms. The lowest BCUT2D eigenvalue weighted by atomic mass is 10.1. The van der Waals surface area contributed by atoms with Gasteiger partial charge in [-0.2, -0.15) is 10.5 Å². The zero-order valence-electron chi connectivity index (χ0n) is 17.9. The van der Waals surface area contributed by atoms with Crippen molar-refractivity contribution in [1.82, 2.24) is 5.32 Å². The van der Waals surface area contributed by atoms with Crippen LogP contribution in [-0.2, 0) is 6.54 Å². The summed E-state index contributed by atoms with van der Waals surface area (Å²) in [5, 5.41) is 36.0. The maximum absolute atomic E-state index is 11.7. The molecule has 0 heterocycles. The van der Waals surface area contributed by atoms with Crippen LogP contribution in [0.2, 0.25) is 0 Å². The van der Waals surface area contributed by atoms with Gasteiger partial charge >= 0.3 is 0 Å². The van der Waals surface area contributed by atoms with Crippen molar-refractivity contribution in [3.63, 3.8) is 0 Å². The number of hydrogen-bond donors (Lipinski definition) is 2. The quantitative estimate of drug-likeness (QED) is 0.392. The van der Waals surface area contributed by atoms with Gasteiger partial charge in [-0.1, -0.05) is 0 Å². The molecule has 0 aliphatic rings. The second kappa shape index (κ2) is 9.61. The Bertz CT molecular complexity index is 1230. The zero-order valence-corrected chi connectivity index (χ0v) is 17.9. The molecular weight excluding hydrogens is 406 g/mol. The highest BCUT2D eigenvalue weighted by molar-refractivity contribution is 5.73. The fourth-order valence-electron chi connectivity index (χ4n) is 3.36. The van der Waals surface area contributed by atoms with Gasteiger partial charge in [0, 0.05) is 29.9 Å². The SMILES string of the molecule is CNCc1cc([N+](=O)[O-])c(Nc2ccc(C#N)cc2)cc1Oc1c(C)cc(C#N)cc1C. The molecule has 0 aliphatic heterocycles. The number of ether oxygens (including phenoxy) is 1. The maximum atomic E-state index is 11.7. The van der Waals surface area contributed by atoms with Gasteiger partial charge in [0.1, 0.15) is 17.2 Å². The molecule has 0 saturated carbocycles. The zero-order chi connectivity index (χ0) is 23.3. The van der Waals surface area contributed by atoms with Crippen LogP contribution >= 0.6 is 0 Å². The van der Waals surface area contributed by atoms with Gasteiger partial charge in [-0.05, 0) is 68.4 Å². The predicted molar refractivity (Wildman–Crippen MR) is 121 cm³/mol. The van der Waals surface area contributed by atoms with Crippen LogP contribution in [0.3, 0.4) is 0 Å². The molecule has 0 aromatic heterocycles. The van der Waals surface area contributed by atoms with Crippen LogP contribution < -0.4 is 15.4 Å². The highest BCUT2D eigenvalue weighted by Crippen LogP contribution is 2.38. The molecule has 3 rings (SSSR count). The first-order chi connectivity index (χ1) is 15.4. The van der Waals surface area contributed by atoms with E-state index in [9.17, 15) is 15.4 Å². The van der Waals surface area contributed by atoms with Gasteiger partial charge in [-0.25, -0.2) is 0 Å². The topological polar surface area (TPSA) is 124 Å². The summed E-state index contributed by atoms with van der Waals surface area (Å²) in [5.74, 6) is 1.05. The Labute approximate surface area is 185 Å². The molecule has 0 atom stereocenters. The first-order valence-corrected chi connectivity index (χ1v) is 9.78. The summed E-state index contributed by atoms with van der Waals surface area (Å²) in [6.07, 6.45) is 0. The van der Waals surface area contributed by atoms with Crippen molar-refractivity contribution < 1.29 is 9.66 Å². The standard InChI is InChI=1S/C24H21N5O3/c1-15-8-18(13-26)9-16(2)24(15)32-23-11-21(22(29(30)31)10-19(23)14-27-3)28-20-6-4-17(12-25)5-7-20/h4-11,27-28H,14H2,1-3H3. The van der Waals surface area contributed by atoms with E-state index in [2.05, 4.69) is 16.7 Å². The third-order valence-corrected chi connectivity index (χ3v) is 4.84. The van der Waals surface area contributed by atoms with Crippen LogP contribution in [0.15, 0.2) is 48.5 Å². The fraction of sp³-hybridized carbons (Fsp3) is 0.167. The Morgan fingerprint density at radius 2 is 1.62 bits per heavy atom. The Hall–Kier alpha value is -4.40. The van der Waals surface area contributed by atoms with Crippen molar-refractivity contribution in [1.29, 1.82) is 10.5 Å². The number of nitro benzene ring substituents is 1. The molecule has 2 N–H and O–H groups in total. The highest BCUT2D eigenvalue weighted by Gasteiger charge is 2.21. The minimum Gasteiger partial charge on any atom is -0.456 e. The number of anilines is 2. The lowest BCUT2D eigenvalue weighted by Gasteiger charge is -2.17. The minimum absolute atomic E-state index is 0.0970. The molecule has 160 valence electrons. The Morgan fingerprint density at radius 1 is 1.00 bits per heavy atom. The van der Waals surface area contributed by atoms with Crippen molar-refractivity contribution in [3.8, 4) is 23.6 Å². The van der Waals surface area contributed by atoms with Gasteiger partial charge in [-0.15, -0.1) is 0 Å². The number of nitrogens with zero attached hydrogens (tertiary/aromatic N) is 3. The lowest BCUT2D eigenvalue weighted by Crippen LogP contribution is -2.08. The average Bonchev–Trinajstić information content (AvgIpc) is 2.77. The van der Waals surface area contributed by atoms with E-state index in [0.717, 1.165) is 11.1 Å². The van der Waals surface area contributed by atoms with Gasteiger partial charge in [-0.3, -0.25) is 10.1 Å². The first kappa shape index (κ1) is 22.3. The summed E-state index contributed by atoms with van der Waals surface area (Å²) in [6.45, 7) is 4.06. The highest BCUT2D eigenvalue weighted by atomic mass is 16.6. The predicted octanol–water partition coefficient (Wildman–Crippen LogP) is 5.21. The van der Waals surface area contributed by atoms with E-state index in [1.807, 2.05) is 19.9 Å². The molecule has 8 nitrogen and oxygen atoms in total. The molecule has 0 saturated heterocycles. The molecule has 0 bridgehead atoms. The Morgan fingerprint density at radius 3 is 2.16 bits per heavy atom. The van der Waals surface area contributed by atoms with E-state index in [1.165, 1.54) is 6.07 Å². The number of rotatable bonds is 7. The third kappa shape index (κ3) is 4.84. The van der Waals surface area contributed by atoms with E-state index in [1.54, 1.807) is 49.5 Å². The smallest absolute Gasteiger partial charge is 0.293 e. The van der Waals surface area contributed by atoms with Crippen LogP contribution in [-0.4, -0.2) is 12.0 Å². The van der Waals surface area contributed by atoms with Crippen molar-refractivity contribution >= 4 is 17.1 Å². The number of hydrogen-bond acceptors (Lipinski definition) is 7. The van der Waals surface area contributed by atoms with Crippen molar-refractivity contribution in [2.45, 2.75) is 20.4 Å². The van der Waals surface area contributed by atoms with Crippen LogP contribution in [0.4, 0.5) is 17.1 Å². The van der Waals surface area contributed by atoms with Crippen LogP contribution in [0.25, 0.3) is 0 Å². The summed E-state index contributed by atoms with van der Waals surface area (Å²) < 4.78 is 6.22. The molecule has 0 radical (unpaired) electrons. The average molecular weight is 427 g/mol. The second-order valence-corrected chi connectivity index (χ2v) is 7.23. The van der Waals surface area contributed by atoms with Crippen molar-refractivity contribution in [3.05, 3.63) is 86.5 Å². The van der Waals surface area contributed by atoms with Crippen molar-refractivity contribution in [2.75, 3.05) is 12.4 Å².